The normalized spacial score (nSPS) is 13.6. The maximum Gasteiger partial charge on any atom is 0.255 e. The van der Waals surface area contributed by atoms with Crippen LogP contribution in [0.4, 0.5) is 4.39 Å². The highest BCUT2D eigenvalue weighted by molar-refractivity contribution is 6.30. The second-order valence-electron chi connectivity index (χ2n) is 9.51. The number of aromatic nitrogens is 1. The Balaban J connectivity index is 1.34. The van der Waals surface area contributed by atoms with Crippen LogP contribution in [0.15, 0.2) is 84.9 Å². The van der Waals surface area contributed by atoms with Gasteiger partial charge in [-0.1, -0.05) is 60.1 Å². The Morgan fingerprint density at radius 1 is 0.842 bits per heavy atom. The van der Waals surface area contributed by atoms with E-state index >= 15 is 0 Å². The van der Waals surface area contributed by atoms with Crippen LogP contribution >= 0.6 is 11.6 Å². The fourth-order valence-corrected chi connectivity index (χ4v) is 5.11. The fraction of sp³-hybridized carbons (Fsp3) is 0.226. The molecule has 2 amide bonds. The van der Waals surface area contributed by atoms with Gasteiger partial charge in [0.15, 0.2) is 0 Å². The molecule has 194 valence electrons. The Bertz CT molecular complexity index is 1440. The van der Waals surface area contributed by atoms with Crippen molar-refractivity contribution in [3.05, 3.63) is 113 Å². The smallest absolute Gasteiger partial charge is 0.255 e. The molecule has 7 heteroatoms. The minimum absolute atomic E-state index is 0.0933. The van der Waals surface area contributed by atoms with E-state index in [1.54, 1.807) is 23.1 Å². The Hall–Kier alpha value is -3.90. The number of benzene rings is 3. The number of carbonyl (C=O) groups is 2. The van der Waals surface area contributed by atoms with Gasteiger partial charge in [-0.3, -0.25) is 9.59 Å². The monoisotopic (exact) mass is 529 g/mol. The van der Waals surface area contributed by atoms with E-state index in [4.69, 9.17) is 11.6 Å². The first kappa shape index (κ1) is 25.7. The first-order valence-corrected chi connectivity index (χ1v) is 13.1. The third kappa shape index (κ3) is 5.50. The standard InChI is InChI=1S/C31H29ClFN3O2/c1-22-28(21-29(24-11-13-25(32)14-12-24)36(22)27-9-5-8-26(33)20-27)31(38)35-18-16-34(17-19-35)30(37)15-10-23-6-3-2-4-7-23/h2-9,11-14,20-21H,10,15-19H2,1H3. The van der Waals surface area contributed by atoms with Gasteiger partial charge in [0.05, 0.1) is 11.3 Å². The Morgan fingerprint density at radius 3 is 2.21 bits per heavy atom. The molecular formula is C31H29ClFN3O2. The molecule has 0 N–H and O–H groups in total. The summed E-state index contributed by atoms with van der Waals surface area (Å²) >= 11 is 6.10. The third-order valence-corrected chi connectivity index (χ3v) is 7.33. The van der Waals surface area contributed by atoms with Gasteiger partial charge in [-0.2, -0.15) is 0 Å². The zero-order valence-electron chi connectivity index (χ0n) is 21.2. The zero-order valence-corrected chi connectivity index (χ0v) is 22.0. The van der Waals surface area contributed by atoms with Gasteiger partial charge >= 0.3 is 0 Å². The van der Waals surface area contributed by atoms with Crippen molar-refractivity contribution in [3.8, 4) is 16.9 Å². The summed E-state index contributed by atoms with van der Waals surface area (Å²) in [5, 5.41) is 0.613. The van der Waals surface area contributed by atoms with E-state index in [1.165, 1.54) is 12.1 Å². The first-order chi connectivity index (χ1) is 18.4. The van der Waals surface area contributed by atoms with E-state index < -0.39 is 0 Å². The number of hydrogen-bond donors (Lipinski definition) is 0. The second kappa shape index (κ2) is 11.2. The predicted octanol–water partition coefficient (Wildman–Crippen LogP) is 6.16. The maximum atomic E-state index is 14.1. The lowest BCUT2D eigenvalue weighted by Gasteiger charge is -2.35. The molecule has 0 spiro atoms. The Kier molecular flexibility index (Phi) is 7.61. The quantitative estimate of drug-likeness (QED) is 0.300. The average molecular weight is 530 g/mol. The summed E-state index contributed by atoms with van der Waals surface area (Å²) in [5.74, 6) is -0.331. The van der Waals surface area contributed by atoms with E-state index in [9.17, 15) is 14.0 Å². The topological polar surface area (TPSA) is 45.6 Å². The van der Waals surface area contributed by atoms with Crippen molar-refractivity contribution >= 4 is 23.4 Å². The van der Waals surface area contributed by atoms with E-state index in [1.807, 2.05) is 71.0 Å². The summed E-state index contributed by atoms with van der Waals surface area (Å²) < 4.78 is 16.0. The van der Waals surface area contributed by atoms with Crippen LogP contribution in [0.1, 0.15) is 28.0 Å². The lowest BCUT2D eigenvalue weighted by atomic mass is 10.1. The van der Waals surface area contributed by atoms with Gasteiger partial charge in [0, 0.05) is 49.0 Å². The summed E-state index contributed by atoms with van der Waals surface area (Å²) in [4.78, 5) is 30.1. The highest BCUT2D eigenvalue weighted by Crippen LogP contribution is 2.31. The van der Waals surface area contributed by atoms with Crippen LogP contribution in [0.2, 0.25) is 5.02 Å². The highest BCUT2D eigenvalue weighted by Gasteiger charge is 2.28. The lowest BCUT2D eigenvalue weighted by Crippen LogP contribution is -2.50. The summed E-state index contributed by atoms with van der Waals surface area (Å²) in [7, 11) is 0. The van der Waals surface area contributed by atoms with Gasteiger partial charge in [0.1, 0.15) is 5.82 Å². The molecule has 1 aromatic heterocycles. The average Bonchev–Trinajstić information content (AvgIpc) is 3.29. The molecule has 0 aliphatic carbocycles. The minimum Gasteiger partial charge on any atom is -0.339 e. The molecule has 1 aliphatic rings. The predicted molar refractivity (Wildman–Crippen MR) is 148 cm³/mol. The molecule has 38 heavy (non-hydrogen) atoms. The SMILES string of the molecule is Cc1c(C(=O)N2CCN(C(=O)CCc3ccccc3)CC2)cc(-c2ccc(Cl)cc2)n1-c1cccc(F)c1. The zero-order chi connectivity index (χ0) is 26.6. The van der Waals surface area contributed by atoms with Gasteiger partial charge < -0.3 is 14.4 Å². The molecule has 0 saturated carbocycles. The van der Waals surface area contributed by atoms with Crippen molar-refractivity contribution in [2.45, 2.75) is 19.8 Å². The molecule has 3 aromatic carbocycles. The van der Waals surface area contributed by atoms with E-state index in [0.717, 1.165) is 22.5 Å². The lowest BCUT2D eigenvalue weighted by molar-refractivity contribution is -0.132. The van der Waals surface area contributed by atoms with Crippen LogP contribution in [0.25, 0.3) is 16.9 Å². The summed E-state index contributed by atoms with van der Waals surface area (Å²) in [6.45, 7) is 3.83. The molecule has 1 aliphatic heterocycles. The van der Waals surface area contributed by atoms with E-state index in [-0.39, 0.29) is 17.6 Å². The van der Waals surface area contributed by atoms with Crippen LogP contribution in [0, 0.1) is 12.7 Å². The Labute approximate surface area is 227 Å². The van der Waals surface area contributed by atoms with E-state index in [2.05, 4.69) is 0 Å². The Morgan fingerprint density at radius 2 is 1.53 bits per heavy atom. The molecule has 4 aromatic rings. The summed E-state index contributed by atoms with van der Waals surface area (Å²) in [5.41, 5.74) is 4.72. The summed E-state index contributed by atoms with van der Waals surface area (Å²) in [6.07, 6.45) is 1.16. The molecular weight excluding hydrogens is 501 g/mol. The van der Waals surface area contributed by atoms with Crippen LogP contribution in [0.3, 0.4) is 0 Å². The largest absolute Gasteiger partial charge is 0.339 e. The van der Waals surface area contributed by atoms with Gasteiger partial charge in [-0.25, -0.2) is 4.39 Å². The van der Waals surface area contributed by atoms with Gasteiger partial charge in [0.2, 0.25) is 5.91 Å². The number of piperazine rings is 1. The van der Waals surface area contributed by atoms with Crippen molar-refractivity contribution in [3.63, 3.8) is 0 Å². The van der Waals surface area contributed by atoms with Crippen molar-refractivity contribution < 1.29 is 14.0 Å². The van der Waals surface area contributed by atoms with E-state index in [0.29, 0.717) is 55.3 Å². The van der Waals surface area contributed by atoms with Crippen LogP contribution in [-0.4, -0.2) is 52.4 Å². The van der Waals surface area contributed by atoms with Crippen molar-refractivity contribution in [2.75, 3.05) is 26.2 Å². The molecule has 0 radical (unpaired) electrons. The summed E-state index contributed by atoms with van der Waals surface area (Å²) in [6, 6.07) is 25.6. The fourth-order valence-electron chi connectivity index (χ4n) is 4.99. The number of halogens is 2. The number of nitrogens with zero attached hydrogens (tertiary/aromatic N) is 3. The second-order valence-corrected chi connectivity index (χ2v) is 9.95. The molecule has 2 heterocycles. The number of rotatable bonds is 6. The van der Waals surface area contributed by atoms with Gasteiger partial charge in [0.25, 0.3) is 5.91 Å². The molecule has 1 fully saturated rings. The molecule has 5 nitrogen and oxygen atoms in total. The van der Waals surface area contributed by atoms with Crippen LogP contribution in [0.5, 0.6) is 0 Å². The number of aryl methyl sites for hydroxylation is 1. The molecule has 5 rings (SSSR count). The van der Waals surface area contributed by atoms with Gasteiger partial charge in [-0.15, -0.1) is 0 Å². The van der Waals surface area contributed by atoms with Crippen LogP contribution in [-0.2, 0) is 11.2 Å². The van der Waals surface area contributed by atoms with Crippen molar-refractivity contribution in [1.82, 2.24) is 14.4 Å². The molecule has 0 unspecified atom stereocenters. The highest BCUT2D eigenvalue weighted by atomic mass is 35.5. The number of amides is 2. The van der Waals surface area contributed by atoms with Crippen molar-refractivity contribution in [2.24, 2.45) is 0 Å². The molecule has 0 bridgehead atoms. The third-order valence-electron chi connectivity index (χ3n) is 7.07. The maximum absolute atomic E-state index is 14.1. The van der Waals surface area contributed by atoms with Crippen LogP contribution < -0.4 is 0 Å². The van der Waals surface area contributed by atoms with Gasteiger partial charge in [-0.05, 0) is 60.9 Å². The molecule has 0 atom stereocenters. The minimum atomic E-state index is -0.349. The molecule has 1 saturated heterocycles. The van der Waals surface area contributed by atoms with Crippen molar-refractivity contribution in [1.29, 1.82) is 0 Å². The number of hydrogen-bond acceptors (Lipinski definition) is 2. The first-order valence-electron chi connectivity index (χ1n) is 12.8. The number of carbonyl (C=O) groups excluding carboxylic acids is 2.